The molecule has 0 amide bonds. The molecule has 0 fully saturated rings. The summed E-state index contributed by atoms with van der Waals surface area (Å²) in [6, 6.07) is 0. The quantitative estimate of drug-likeness (QED) is 0.762. The molecule has 0 aliphatic carbocycles. The third kappa shape index (κ3) is 2.41. The number of nitrogens with zero attached hydrogens (tertiary/aromatic N) is 2. The molecule has 0 aliphatic heterocycles. The molecule has 90 valence electrons. The molecule has 1 aromatic heterocycles. The molecule has 1 heterocycles. The molecule has 0 spiro atoms. The van der Waals surface area contributed by atoms with Gasteiger partial charge in [-0.1, -0.05) is 13.8 Å². The maximum atomic E-state index is 11.2. The van der Waals surface area contributed by atoms with E-state index in [4.69, 9.17) is 0 Å². The maximum Gasteiger partial charge on any atom is 0.323 e. The Hall–Kier alpha value is -1.36. The topological polar surface area (TPSA) is 67.2 Å². The number of carboxylic acids is 1. The number of nitrogens with one attached hydrogen (secondary N) is 1. The Bertz CT molecular complexity index is 356. The van der Waals surface area contributed by atoms with Gasteiger partial charge >= 0.3 is 5.97 Å². The van der Waals surface area contributed by atoms with Gasteiger partial charge < -0.3 is 9.67 Å². The van der Waals surface area contributed by atoms with Gasteiger partial charge in [-0.2, -0.15) is 0 Å². The van der Waals surface area contributed by atoms with Gasteiger partial charge in [0.25, 0.3) is 0 Å². The molecule has 5 nitrogen and oxygen atoms in total. The first kappa shape index (κ1) is 12.7. The summed E-state index contributed by atoms with van der Waals surface area (Å²) in [7, 11) is 1.89. The summed E-state index contributed by atoms with van der Waals surface area (Å²) in [6.45, 7) is 4.23. The standard InChI is InChI=1S/C11H19N3O2/c1-4-11(5-2,10(15)16)13-8-9-12-6-7-14(9)3/h6-7,13H,4-5,8H2,1-3H3,(H,15,16). The highest BCUT2D eigenvalue weighted by Crippen LogP contribution is 2.16. The number of hydrogen-bond acceptors (Lipinski definition) is 3. The van der Waals surface area contributed by atoms with Gasteiger partial charge in [0, 0.05) is 19.4 Å². The van der Waals surface area contributed by atoms with Crippen LogP contribution in [0.15, 0.2) is 12.4 Å². The van der Waals surface area contributed by atoms with Crippen LogP contribution in [0.3, 0.4) is 0 Å². The molecule has 16 heavy (non-hydrogen) atoms. The van der Waals surface area contributed by atoms with Crippen molar-refractivity contribution in [2.24, 2.45) is 7.05 Å². The van der Waals surface area contributed by atoms with Gasteiger partial charge in [-0.3, -0.25) is 10.1 Å². The van der Waals surface area contributed by atoms with E-state index in [1.165, 1.54) is 0 Å². The summed E-state index contributed by atoms with van der Waals surface area (Å²) in [5, 5.41) is 12.3. The molecule has 0 bridgehead atoms. The summed E-state index contributed by atoms with van der Waals surface area (Å²) >= 11 is 0. The number of aliphatic carboxylic acids is 1. The lowest BCUT2D eigenvalue weighted by Gasteiger charge is -2.27. The van der Waals surface area contributed by atoms with Crippen LogP contribution in [0.4, 0.5) is 0 Å². The fraction of sp³-hybridized carbons (Fsp3) is 0.636. The van der Waals surface area contributed by atoms with E-state index in [0.29, 0.717) is 19.4 Å². The van der Waals surface area contributed by atoms with E-state index >= 15 is 0 Å². The predicted octanol–water partition coefficient (Wildman–Crippen LogP) is 1.15. The van der Waals surface area contributed by atoms with Crippen LogP contribution >= 0.6 is 0 Å². The molecule has 0 unspecified atom stereocenters. The summed E-state index contributed by atoms with van der Waals surface area (Å²) in [6.07, 6.45) is 4.67. The van der Waals surface area contributed by atoms with Crippen molar-refractivity contribution in [3.63, 3.8) is 0 Å². The van der Waals surface area contributed by atoms with Crippen LogP contribution in [0, 0.1) is 0 Å². The Balaban J connectivity index is 2.71. The highest BCUT2D eigenvalue weighted by molar-refractivity contribution is 5.78. The first-order valence-corrected chi connectivity index (χ1v) is 5.50. The monoisotopic (exact) mass is 225 g/mol. The number of aryl methyl sites for hydroxylation is 1. The van der Waals surface area contributed by atoms with Crippen molar-refractivity contribution >= 4 is 5.97 Å². The summed E-state index contributed by atoms with van der Waals surface area (Å²) in [5.41, 5.74) is -0.841. The van der Waals surface area contributed by atoms with Crippen molar-refractivity contribution in [3.8, 4) is 0 Å². The zero-order chi connectivity index (χ0) is 12.2. The lowest BCUT2D eigenvalue weighted by molar-refractivity contribution is -0.145. The van der Waals surface area contributed by atoms with Gasteiger partial charge in [0.15, 0.2) is 0 Å². The molecule has 0 aliphatic rings. The molecule has 0 saturated carbocycles. The molecule has 0 atom stereocenters. The van der Waals surface area contributed by atoms with Gasteiger partial charge in [0.1, 0.15) is 11.4 Å². The van der Waals surface area contributed by atoms with E-state index < -0.39 is 11.5 Å². The lowest BCUT2D eigenvalue weighted by atomic mass is 9.93. The van der Waals surface area contributed by atoms with Crippen LogP contribution < -0.4 is 5.32 Å². The van der Waals surface area contributed by atoms with Crippen molar-refractivity contribution in [2.75, 3.05) is 0 Å². The van der Waals surface area contributed by atoms with Crippen molar-refractivity contribution in [1.29, 1.82) is 0 Å². The van der Waals surface area contributed by atoms with Crippen LogP contribution in [0.25, 0.3) is 0 Å². The third-order valence-corrected chi connectivity index (χ3v) is 3.12. The SMILES string of the molecule is CCC(CC)(NCc1nccn1C)C(=O)O. The largest absolute Gasteiger partial charge is 0.480 e. The Morgan fingerprint density at radius 3 is 2.56 bits per heavy atom. The van der Waals surface area contributed by atoms with Crippen LogP contribution in [-0.2, 0) is 18.4 Å². The smallest absolute Gasteiger partial charge is 0.323 e. The van der Waals surface area contributed by atoms with Crippen LogP contribution in [0.1, 0.15) is 32.5 Å². The second-order valence-corrected chi connectivity index (χ2v) is 3.90. The summed E-state index contributed by atoms with van der Waals surface area (Å²) < 4.78 is 1.88. The Labute approximate surface area is 95.5 Å². The lowest BCUT2D eigenvalue weighted by Crippen LogP contribution is -2.51. The number of aromatic nitrogens is 2. The summed E-state index contributed by atoms with van der Waals surface area (Å²) in [4.78, 5) is 15.4. The second kappa shape index (κ2) is 5.12. The van der Waals surface area contributed by atoms with Gasteiger partial charge in [0.05, 0.1) is 6.54 Å². The first-order chi connectivity index (χ1) is 7.55. The van der Waals surface area contributed by atoms with Crippen molar-refractivity contribution in [3.05, 3.63) is 18.2 Å². The minimum atomic E-state index is -0.841. The number of rotatable bonds is 6. The van der Waals surface area contributed by atoms with Crippen molar-refractivity contribution in [2.45, 2.75) is 38.8 Å². The maximum absolute atomic E-state index is 11.2. The van der Waals surface area contributed by atoms with Gasteiger partial charge in [-0.15, -0.1) is 0 Å². The average molecular weight is 225 g/mol. The van der Waals surface area contributed by atoms with Gasteiger partial charge in [-0.25, -0.2) is 4.98 Å². The fourth-order valence-electron chi connectivity index (χ4n) is 1.69. The Kier molecular flexibility index (Phi) is 4.06. The molecule has 0 aromatic carbocycles. The van der Waals surface area contributed by atoms with Crippen LogP contribution in [-0.4, -0.2) is 26.2 Å². The Morgan fingerprint density at radius 1 is 1.56 bits per heavy atom. The van der Waals surface area contributed by atoms with Crippen molar-refractivity contribution in [1.82, 2.24) is 14.9 Å². The molecule has 2 N–H and O–H groups in total. The minimum Gasteiger partial charge on any atom is -0.480 e. The number of carboxylic acid groups (broad SMARTS) is 1. The number of imidazole rings is 1. The van der Waals surface area contributed by atoms with Crippen molar-refractivity contribution < 1.29 is 9.90 Å². The molecular weight excluding hydrogens is 206 g/mol. The second-order valence-electron chi connectivity index (χ2n) is 3.90. The Morgan fingerprint density at radius 2 is 2.19 bits per heavy atom. The van der Waals surface area contributed by atoms with E-state index in [2.05, 4.69) is 10.3 Å². The van der Waals surface area contributed by atoms with E-state index in [1.807, 2.05) is 31.7 Å². The average Bonchev–Trinajstić information content (AvgIpc) is 2.66. The predicted molar refractivity (Wildman–Crippen MR) is 61.0 cm³/mol. The van der Waals surface area contributed by atoms with Gasteiger partial charge in [-0.05, 0) is 12.8 Å². The molecule has 0 radical (unpaired) electrons. The van der Waals surface area contributed by atoms with Crippen LogP contribution in [0.2, 0.25) is 0 Å². The summed E-state index contributed by atoms with van der Waals surface area (Å²) in [5.74, 6) is 0.0410. The molecular formula is C11H19N3O2. The molecule has 1 aromatic rings. The zero-order valence-electron chi connectivity index (χ0n) is 10.0. The normalized spacial score (nSPS) is 11.7. The van der Waals surface area contributed by atoms with Crippen LogP contribution in [0.5, 0.6) is 0 Å². The molecule has 0 saturated heterocycles. The number of hydrogen-bond donors (Lipinski definition) is 2. The van der Waals surface area contributed by atoms with Gasteiger partial charge in [0.2, 0.25) is 0 Å². The zero-order valence-corrected chi connectivity index (χ0v) is 10.0. The van der Waals surface area contributed by atoms with E-state index in [9.17, 15) is 9.90 Å². The first-order valence-electron chi connectivity index (χ1n) is 5.50. The van der Waals surface area contributed by atoms with E-state index in [0.717, 1.165) is 5.82 Å². The number of carbonyl (C=O) groups is 1. The minimum absolute atomic E-state index is 0.470. The molecule has 5 heteroatoms. The third-order valence-electron chi connectivity index (χ3n) is 3.12. The van der Waals surface area contributed by atoms with E-state index in [1.54, 1.807) is 6.20 Å². The highest BCUT2D eigenvalue weighted by atomic mass is 16.4. The fourth-order valence-corrected chi connectivity index (χ4v) is 1.69. The van der Waals surface area contributed by atoms with E-state index in [-0.39, 0.29) is 0 Å². The highest BCUT2D eigenvalue weighted by Gasteiger charge is 2.34. The molecule has 1 rings (SSSR count).